The molecule has 1 saturated heterocycles. The summed E-state index contributed by atoms with van der Waals surface area (Å²) in [5, 5.41) is 11.6. The van der Waals surface area contributed by atoms with E-state index in [1.807, 2.05) is 20.8 Å². The second-order valence-electron chi connectivity index (χ2n) is 5.96. The molecule has 7 heteroatoms. The minimum Gasteiger partial charge on any atom is -0.465 e. The fourth-order valence-corrected chi connectivity index (χ4v) is 2.17. The van der Waals surface area contributed by atoms with Gasteiger partial charge in [-0.15, -0.1) is 0 Å². The molecule has 1 aliphatic rings. The van der Waals surface area contributed by atoms with Gasteiger partial charge in [-0.3, -0.25) is 14.5 Å². The zero-order valence-electron chi connectivity index (χ0n) is 12.3. The normalized spacial score (nSPS) is 22.7. The lowest BCUT2D eigenvalue weighted by molar-refractivity contribution is -0.127. The van der Waals surface area contributed by atoms with Crippen LogP contribution in [0.25, 0.3) is 0 Å². The van der Waals surface area contributed by atoms with Crippen LogP contribution in [0.4, 0.5) is 4.79 Å². The summed E-state index contributed by atoms with van der Waals surface area (Å²) in [5.41, 5.74) is -0.403. The Labute approximate surface area is 118 Å². The van der Waals surface area contributed by atoms with E-state index in [1.54, 1.807) is 0 Å². The molecule has 0 aromatic carbocycles. The maximum Gasteiger partial charge on any atom is 0.408 e. The highest BCUT2D eigenvalue weighted by Gasteiger charge is 2.41. The second kappa shape index (κ2) is 6.21. The molecule has 0 aliphatic carbocycles. The minimum atomic E-state index is -1.16. The molecular formula is C13H22N2O5. The van der Waals surface area contributed by atoms with Crippen molar-refractivity contribution in [3.8, 4) is 0 Å². The predicted molar refractivity (Wildman–Crippen MR) is 71.5 cm³/mol. The van der Waals surface area contributed by atoms with Gasteiger partial charge in [0.1, 0.15) is 11.8 Å². The molecule has 0 spiro atoms. The third-order valence-electron chi connectivity index (χ3n) is 2.84. The molecule has 0 aromatic rings. The minimum absolute atomic E-state index is 0.0897. The number of hydrogen-bond acceptors (Lipinski definition) is 4. The van der Waals surface area contributed by atoms with Crippen LogP contribution in [0.2, 0.25) is 0 Å². The third kappa shape index (κ3) is 4.80. The maximum absolute atomic E-state index is 12.0. The summed E-state index contributed by atoms with van der Waals surface area (Å²) in [6.07, 6.45) is -1.18. The van der Waals surface area contributed by atoms with E-state index in [-0.39, 0.29) is 25.0 Å². The van der Waals surface area contributed by atoms with Gasteiger partial charge < -0.3 is 15.2 Å². The van der Waals surface area contributed by atoms with E-state index in [9.17, 15) is 14.4 Å². The number of carbonyl (C=O) groups is 3. The summed E-state index contributed by atoms with van der Waals surface area (Å²) in [5.74, 6) is -0.636. The van der Waals surface area contributed by atoms with Crippen LogP contribution in [-0.2, 0) is 14.3 Å². The van der Waals surface area contributed by atoms with Crippen molar-refractivity contribution < 1.29 is 24.2 Å². The summed E-state index contributed by atoms with van der Waals surface area (Å²) < 4.78 is 5.73. The van der Waals surface area contributed by atoms with Crippen molar-refractivity contribution in [3.63, 3.8) is 0 Å². The first kappa shape index (κ1) is 16.4. The summed E-state index contributed by atoms with van der Waals surface area (Å²) in [6, 6.07) is -0.806. The molecular weight excluding hydrogens is 264 g/mol. The zero-order chi connectivity index (χ0) is 15.5. The van der Waals surface area contributed by atoms with Crippen molar-refractivity contribution in [1.29, 1.82) is 0 Å². The van der Waals surface area contributed by atoms with Crippen LogP contribution in [0.5, 0.6) is 0 Å². The quantitative estimate of drug-likeness (QED) is 0.790. The van der Waals surface area contributed by atoms with Crippen molar-refractivity contribution in [1.82, 2.24) is 10.2 Å². The summed E-state index contributed by atoms with van der Waals surface area (Å²) in [4.78, 5) is 35.1. The van der Waals surface area contributed by atoms with Crippen LogP contribution < -0.4 is 5.32 Å². The number of likely N-dealkylation sites (tertiary alicyclic amines) is 1. The van der Waals surface area contributed by atoms with Gasteiger partial charge in [0.25, 0.3) is 0 Å². The van der Waals surface area contributed by atoms with Crippen molar-refractivity contribution in [3.05, 3.63) is 0 Å². The first-order chi connectivity index (χ1) is 9.10. The summed E-state index contributed by atoms with van der Waals surface area (Å²) in [7, 11) is 0. The number of nitrogens with zero attached hydrogens (tertiary/aromatic N) is 1. The Balaban J connectivity index is 2.70. The Morgan fingerprint density at radius 1 is 1.35 bits per heavy atom. The molecule has 1 heterocycles. The zero-order valence-corrected chi connectivity index (χ0v) is 12.3. The third-order valence-corrected chi connectivity index (χ3v) is 2.84. The molecule has 1 aliphatic heterocycles. The number of carboxylic acid groups (broad SMARTS) is 1. The number of amides is 2. The molecule has 20 heavy (non-hydrogen) atoms. The molecule has 1 fully saturated rings. The lowest BCUT2D eigenvalue weighted by Gasteiger charge is -2.24. The maximum atomic E-state index is 12.0. The summed E-state index contributed by atoms with van der Waals surface area (Å²) in [6.45, 7) is 7.05. The van der Waals surface area contributed by atoms with E-state index in [0.717, 1.165) is 4.90 Å². The van der Waals surface area contributed by atoms with Crippen LogP contribution in [-0.4, -0.2) is 58.6 Å². The van der Waals surface area contributed by atoms with Crippen LogP contribution in [0.15, 0.2) is 0 Å². The standard InChI is InChI=1S/C13H22N2O5/c1-8(16)6-14-11(17)10-5-9(20-13(2,3)4)7-15(10)12(18)19/h9-10H,5-7H2,1-4H3,(H,14,17)(H,18,19)/t9-,10+/m1/s1. The highest BCUT2D eigenvalue weighted by Crippen LogP contribution is 2.24. The lowest BCUT2D eigenvalue weighted by Crippen LogP contribution is -2.46. The fourth-order valence-electron chi connectivity index (χ4n) is 2.17. The topological polar surface area (TPSA) is 95.9 Å². The Kier molecular flexibility index (Phi) is 5.10. The lowest BCUT2D eigenvalue weighted by atomic mass is 10.1. The fraction of sp³-hybridized carbons (Fsp3) is 0.769. The van der Waals surface area contributed by atoms with Crippen molar-refractivity contribution in [2.24, 2.45) is 0 Å². The average Bonchev–Trinajstić information content (AvgIpc) is 2.67. The van der Waals surface area contributed by atoms with Crippen molar-refractivity contribution in [2.75, 3.05) is 13.1 Å². The molecule has 7 nitrogen and oxygen atoms in total. The number of carbonyl (C=O) groups excluding carboxylic acids is 2. The van der Waals surface area contributed by atoms with Gasteiger partial charge in [-0.2, -0.15) is 0 Å². The molecule has 2 amide bonds. The van der Waals surface area contributed by atoms with E-state index >= 15 is 0 Å². The number of rotatable bonds is 4. The van der Waals surface area contributed by atoms with Gasteiger partial charge in [0.05, 0.1) is 24.8 Å². The Bertz CT molecular complexity index is 402. The smallest absolute Gasteiger partial charge is 0.408 e. The Morgan fingerprint density at radius 2 is 1.95 bits per heavy atom. The van der Waals surface area contributed by atoms with Crippen LogP contribution >= 0.6 is 0 Å². The van der Waals surface area contributed by atoms with Crippen molar-refractivity contribution in [2.45, 2.75) is 51.9 Å². The predicted octanol–water partition coefficient (Wildman–Crippen LogP) is 0.628. The van der Waals surface area contributed by atoms with Gasteiger partial charge in [-0.05, 0) is 27.7 Å². The molecule has 0 radical (unpaired) electrons. The van der Waals surface area contributed by atoms with Gasteiger partial charge in [0.15, 0.2) is 0 Å². The average molecular weight is 286 g/mol. The molecule has 114 valence electrons. The van der Waals surface area contributed by atoms with E-state index < -0.39 is 23.6 Å². The number of hydrogen-bond donors (Lipinski definition) is 2. The molecule has 1 rings (SSSR count). The second-order valence-corrected chi connectivity index (χ2v) is 5.96. The van der Waals surface area contributed by atoms with E-state index in [2.05, 4.69) is 5.32 Å². The summed E-state index contributed by atoms with van der Waals surface area (Å²) >= 11 is 0. The van der Waals surface area contributed by atoms with Gasteiger partial charge >= 0.3 is 6.09 Å². The number of ketones is 1. The Hall–Kier alpha value is -1.63. The molecule has 0 unspecified atom stereocenters. The van der Waals surface area contributed by atoms with Gasteiger partial charge in [0, 0.05) is 6.42 Å². The SMILES string of the molecule is CC(=O)CNC(=O)[C@@H]1C[C@@H](OC(C)(C)C)CN1C(=O)O. The van der Waals surface area contributed by atoms with Crippen molar-refractivity contribution >= 4 is 17.8 Å². The van der Waals surface area contributed by atoms with E-state index in [1.165, 1.54) is 6.92 Å². The van der Waals surface area contributed by atoms with Crippen LogP contribution in [0, 0.1) is 0 Å². The largest absolute Gasteiger partial charge is 0.465 e. The highest BCUT2D eigenvalue weighted by atomic mass is 16.5. The number of nitrogens with one attached hydrogen (secondary N) is 1. The van der Waals surface area contributed by atoms with Gasteiger partial charge in [-0.1, -0.05) is 0 Å². The Morgan fingerprint density at radius 3 is 2.40 bits per heavy atom. The number of Topliss-reactive ketones (excluding diaryl/α,β-unsaturated/α-hetero) is 1. The molecule has 0 bridgehead atoms. The van der Waals surface area contributed by atoms with Gasteiger partial charge in [0.2, 0.25) is 5.91 Å². The first-order valence-corrected chi connectivity index (χ1v) is 6.54. The monoisotopic (exact) mass is 286 g/mol. The van der Waals surface area contributed by atoms with E-state index in [4.69, 9.17) is 9.84 Å². The van der Waals surface area contributed by atoms with Crippen LogP contribution in [0.1, 0.15) is 34.1 Å². The number of ether oxygens (including phenoxy) is 1. The molecule has 2 atom stereocenters. The first-order valence-electron chi connectivity index (χ1n) is 6.54. The highest BCUT2D eigenvalue weighted by molar-refractivity contribution is 5.89. The van der Waals surface area contributed by atoms with Crippen LogP contribution in [0.3, 0.4) is 0 Å². The molecule has 0 aromatic heterocycles. The molecule has 0 saturated carbocycles. The van der Waals surface area contributed by atoms with Gasteiger partial charge in [-0.25, -0.2) is 4.79 Å². The molecule has 2 N–H and O–H groups in total. The van der Waals surface area contributed by atoms with E-state index in [0.29, 0.717) is 6.42 Å².